The van der Waals surface area contributed by atoms with E-state index in [9.17, 15) is 30.0 Å². The molecule has 0 amide bonds. The molecular weight excluding hydrogens is 614 g/mol. The van der Waals surface area contributed by atoms with Crippen LogP contribution in [0.4, 0.5) is 0 Å². The van der Waals surface area contributed by atoms with E-state index in [0.29, 0.717) is 17.8 Å². The standard InChI is InChI=1S/C38H61NO9/c1-21(2)22-11-16-38(33(44)45)18-17-36(6)23(29(22)38)9-10-26-35(5)14-13-27(34(3,4)25(35)12-15-37(26,36)7)48-28(41)19-39(46-8)32-31(43)30(42)24(40)20-47-32/h22-27,29-32,40,42-43H,1,9-20H2,2-8H3,(H,44,45)/t22-,23?,24+,25?,26?,27?,29?,30?,31?,32+,35?,36+,37?,38?/m0/s1. The van der Waals surface area contributed by atoms with Gasteiger partial charge in [0.2, 0.25) is 0 Å². The number of carboxylic acids is 1. The van der Waals surface area contributed by atoms with Crippen molar-refractivity contribution in [1.29, 1.82) is 0 Å². The molecule has 4 N–H and O–H groups in total. The number of hydrogen-bond donors (Lipinski definition) is 4. The molecule has 0 aromatic carbocycles. The zero-order valence-electron chi connectivity index (χ0n) is 30.2. The zero-order valence-corrected chi connectivity index (χ0v) is 30.2. The van der Waals surface area contributed by atoms with Crippen molar-refractivity contribution in [3.8, 4) is 0 Å². The molecule has 272 valence electrons. The van der Waals surface area contributed by atoms with Crippen molar-refractivity contribution in [3.05, 3.63) is 12.2 Å². The maximum atomic E-state index is 13.4. The van der Waals surface area contributed by atoms with Gasteiger partial charge in [-0.15, -0.1) is 5.06 Å². The first-order valence-electron chi connectivity index (χ1n) is 18.4. The molecule has 0 aromatic heterocycles. The van der Waals surface area contributed by atoms with Gasteiger partial charge in [0, 0.05) is 5.41 Å². The fourth-order valence-electron chi connectivity index (χ4n) is 13.3. The second kappa shape index (κ2) is 12.3. The number of aliphatic hydroxyl groups excluding tert-OH is 3. The molecule has 48 heavy (non-hydrogen) atoms. The van der Waals surface area contributed by atoms with E-state index in [1.807, 2.05) is 0 Å². The van der Waals surface area contributed by atoms with E-state index in [1.54, 1.807) is 0 Å². The van der Waals surface area contributed by atoms with Crippen molar-refractivity contribution in [2.75, 3.05) is 20.3 Å². The average molecular weight is 676 g/mol. The lowest BCUT2D eigenvalue weighted by Crippen LogP contribution is -2.67. The molecule has 0 bridgehead atoms. The largest absolute Gasteiger partial charge is 0.481 e. The van der Waals surface area contributed by atoms with Gasteiger partial charge in [0.1, 0.15) is 31.0 Å². The molecule has 0 spiro atoms. The van der Waals surface area contributed by atoms with Crippen molar-refractivity contribution in [1.82, 2.24) is 5.06 Å². The lowest BCUT2D eigenvalue weighted by molar-refractivity contribution is -0.305. The number of carboxylic acid groups (broad SMARTS) is 1. The van der Waals surface area contributed by atoms with Crippen LogP contribution in [0.3, 0.4) is 0 Å². The van der Waals surface area contributed by atoms with Crippen LogP contribution in [0.2, 0.25) is 0 Å². The SMILES string of the molecule is C=C(C)[C@@H]1CCC2(C(=O)O)CC[C@]3(C)C(CCC4C5(C)CCC(OC(=O)CN(OC)[C@@H]6OC[C@@H](O)C(O)C6O)C(C)(C)C5CCC43C)C12. The third kappa shape index (κ3) is 5.08. The Kier molecular flexibility index (Phi) is 9.28. The summed E-state index contributed by atoms with van der Waals surface area (Å²) in [5, 5.41) is 42.3. The Bertz CT molecular complexity index is 1290. The summed E-state index contributed by atoms with van der Waals surface area (Å²) in [6.45, 7) is 18.0. The Morgan fingerprint density at radius 2 is 1.58 bits per heavy atom. The van der Waals surface area contributed by atoms with Gasteiger partial charge in [-0.1, -0.05) is 46.8 Å². The third-order valence-electron chi connectivity index (χ3n) is 16.0. The van der Waals surface area contributed by atoms with Crippen LogP contribution in [0.5, 0.6) is 0 Å². The summed E-state index contributed by atoms with van der Waals surface area (Å²) in [5.41, 5.74) is 0.458. The summed E-state index contributed by atoms with van der Waals surface area (Å²) in [5.74, 6) is 0.572. The number of esters is 1. The highest BCUT2D eigenvalue weighted by molar-refractivity contribution is 5.76. The summed E-state index contributed by atoms with van der Waals surface area (Å²) in [6, 6.07) is 0. The zero-order chi connectivity index (χ0) is 35.2. The first kappa shape index (κ1) is 36.2. The van der Waals surface area contributed by atoms with Gasteiger partial charge in [0.25, 0.3) is 0 Å². The van der Waals surface area contributed by atoms with Gasteiger partial charge >= 0.3 is 11.9 Å². The Balaban J connectivity index is 1.20. The van der Waals surface area contributed by atoms with Crippen molar-refractivity contribution in [3.63, 3.8) is 0 Å². The van der Waals surface area contributed by atoms with Gasteiger partial charge in [-0.3, -0.25) is 14.4 Å². The number of hydrogen-bond acceptors (Lipinski definition) is 9. The van der Waals surface area contributed by atoms with Crippen LogP contribution in [-0.2, 0) is 23.9 Å². The van der Waals surface area contributed by atoms with Crippen molar-refractivity contribution in [2.24, 2.45) is 56.7 Å². The molecule has 1 heterocycles. The van der Waals surface area contributed by atoms with Gasteiger partial charge in [-0.25, -0.2) is 0 Å². The highest BCUT2D eigenvalue weighted by Crippen LogP contribution is 2.77. The maximum Gasteiger partial charge on any atom is 0.323 e. The predicted octanol–water partition coefficient (Wildman–Crippen LogP) is 4.94. The molecule has 6 aliphatic rings. The second-order valence-electron chi connectivity index (χ2n) is 18.0. The quantitative estimate of drug-likeness (QED) is 0.166. The van der Waals surface area contributed by atoms with Crippen LogP contribution in [0, 0.1) is 56.7 Å². The van der Waals surface area contributed by atoms with Gasteiger partial charge in [-0.05, 0) is 117 Å². The minimum absolute atomic E-state index is 0.0536. The molecule has 1 aliphatic heterocycles. The lowest BCUT2D eigenvalue weighted by atomic mass is 9.32. The molecule has 14 atom stereocenters. The highest BCUT2D eigenvalue weighted by Gasteiger charge is 2.72. The fourth-order valence-corrected chi connectivity index (χ4v) is 13.3. The number of fused-ring (bicyclic) bond motifs is 7. The Hall–Kier alpha value is -1.56. The number of ether oxygens (including phenoxy) is 2. The number of aliphatic carboxylic acids is 1. The molecule has 10 nitrogen and oxygen atoms in total. The number of allylic oxidation sites excluding steroid dienone is 1. The lowest BCUT2D eigenvalue weighted by Gasteiger charge is -2.72. The van der Waals surface area contributed by atoms with Gasteiger partial charge in [0.05, 0.1) is 19.1 Å². The molecule has 10 heteroatoms. The number of aliphatic hydroxyl groups is 3. The van der Waals surface area contributed by atoms with Crippen LogP contribution < -0.4 is 0 Å². The molecular formula is C38H61NO9. The van der Waals surface area contributed by atoms with E-state index in [0.717, 1.165) is 69.8 Å². The maximum absolute atomic E-state index is 13.4. The molecule has 6 fully saturated rings. The van der Waals surface area contributed by atoms with E-state index in [2.05, 4.69) is 48.1 Å². The summed E-state index contributed by atoms with van der Waals surface area (Å²) in [6.07, 6.45) is 3.94. The molecule has 1 saturated heterocycles. The van der Waals surface area contributed by atoms with E-state index in [4.69, 9.17) is 14.3 Å². The molecule has 6 rings (SSSR count). The summed E-state index contributed by atoms with van der Waals surface area (Å²) >= 11 is 0. The monoisotopic (exact) mass is 675 g/mol. The van der Waals surface area contributed by atoms with Gasteiger partial charge < -0.3 is 29.9 Å². The summed E-state index contributed by atoms with van der Waals surface area (Å²) in [7, 11) is 1.37. The highest BCUT2D eigenvalue weighted by atomic mass is 16.7. The normalized spacial score (nSPS) is 49.6. The molecule has 0 aromatic rings. The first-order valence-corrected chi connectivity index (χ1v) is 18.4. The number of rotatable bonds is 7. The van der Waals surface area contributed by atoms with E-state index in [-0.39, 0.29) is 52.8 Å². The number of hydroxylamine groups is 2. The minimum atomic E-state index is -1.45. The predicted molar refractivity (Wildman–Crippen MR) is 178 cm³/mol. The Morgan fingerprint density at radius 1 is 0.875 bits per heavy atom. The second-order valence-corrected chi connectivity index (χ2v) is 18.0. The van der Waals surface area contributed by atoms with Crippen LogP contribution in [0.25, 0.3) is 0 Å². The third-order valence-corrected chi connectivity index (χ3v) is 16.0. The van der Waals surface area contributed by atoms with E-state index >= 15 is 0 Å². The van der Waals surface area contributed by atoms with Crippen molar-refractivity contribution in [2.45, 2.75) is 136 Å². The van der Waals surface area contributed by atoms with Crippen molar-refractivity contribution < 1.29 is 44.3 Å². The average Bonchev–Trinajstić information content (AvgIpc) is 3.42. The summed E-state index contributed by atoms with van der Waals surface area (Å²) in [4.78, 5) is 31.7. The minimum Gasteiger partial charge on any atom is -0.481 e. The first-order chi connectivity index (χ1) is 22.4. The van der Waals surface area contributed by atoms with E-state index in [1.165, 1.54) is 12.2 Å². The molecule has 0 radical (unpaired) electrons. The van der Waals surface area contributed by atoms with Gasteiger partial charge in [0.15, 0.2) is 6.23 Å². The van der Waals surface area contributed by atoms with Crippen LogP contribution in [0.15, 0.2) is 12.2 Å². The molecule has 10 unspecified atom stereocenters. The number of nitrogens with zero attached hydrogens (tertiary/aromatic N) is 1. The van der Waals surface area contributed by atoms with Crippen LogP contribution in [0.1, 0.15) is 106 Å². The van der Waals surface area contributed by atoms with E-state index < -0.39 is 41.9 Å². The molecule has 5 aliphatic carbocycles. The van der Waals surface area contributed by atoms with Gasteiger partial charge in [-0.2, -0.15) is 0 Å². The smallest absolute Gasteiger partial charge is 0.323 e. The topological polar surface area (TPSA) is 146 Å². The number of carbonyl (C=O) groups is 2. The van der Waals surface area contributed by atoms with Crippen molar-refractivity contribution >= 4 is 11.9 Å². The number of carbonyl (C=O) groups excluding carboxylic acids is 1. The summed E-state index contributed by atoms with van der Waals surface area (Å²) < 4.78 is 11.7. The van der Waals surface area contributed by atoms with Crippen LogP contribution >= 0.6 is 0 Å². The fraction of sp³-hybridized carbons (Fsp3) is 0.895. The van der Waals surface area contributed by atoms with Crippen LogP contribution in [-0.4, -0.2) is 88.3 Å². The molecule has 5 saturated carbocycles. The Morgan fingerprint density at radius 3 is 2.23 bits per heavy atom. The Labute approximate surface area is 286 Å².